The molecular weight excluding hydrogens is 647 g/mol. The Hall–Kier alpha value is -7.10. The molecule has 0 bridgehead atoms. The highest BCUT2D eigenvalue weighted by Crippen LogP contribution is 2.47. The fourth-order valence-corrected chi connectivity index (χ4v) is 8.29. The van der Waals surface area contributed by atoms with Gasteiger partial charge in [-0.2, -0.15) is 0 Å². The Morgan fingerprint density at radius 1 is 0.321 bits per heavy atom. The van der Waals surface area contributed by atoms with Crippen LogP contribution in [0.4, 0.5) is 17.1 Å². The third-order valence-electron chi connectivity index (χ3n) is 10.7. The molecule has 0 N–H and O–H groups in total. The number of hydrogen-bond acceptors (Lipinski definition) is 3. The van der Waals surface area contributed by atoms with Gasteiger partial charge < -0.3 is 13.7 Å². The second-order valence-corrected chi connectivity index (χ2v) is 13.6. The third kappa shape index (κ3) is 4.61. The van der Waals surface area contributed by atoms with Crippen molar-refractivity contribution >= 4 is 82.5 Å². The summed E-state index contributed by atoms with van der Waals surface area (Å²) in [4.78, 5) is 2.41. The molecule has 53 heavy (non-hydrogen) atoms. The van der Waals surface area contributed by atoms with Gasteiger partial charge in [0.25, 0.3) is 0 Å². The number of fused-ring (bicyclic) bond motifs is 9. The first-order chi connectivity index (χ1) is 26.3. The van der Waals surface area contributed by atoms with Crippen molar-refractivity contribution < 1.29 is 8.83 Å². The second kappa shape index (κ2) is 11.7. The summed E-state index contributed by atoms with van der Waals surface area (Å²) in [6.07, 6.45) is 0. The largest absolute Gasteiger partial charge is 0.456 e. The number of anilines is 3. The van der Waals surface area contributed by atoms with Crippen LogP contribution < -0.4 is 4.90 Å². The molecule has 0 saturated heterocycles. The van der Waals surface area contributed by atoms with E-state index in [2.05, 4.69) is 181 Å². The quantitative estimate of drug-likeness (QED) is 0.182. The van der Waals surface area contributed by atoms with E-state index < -0.39 is 0 Å². The molecule has 0 amide bonds. The maximum absolute atomic E-state index is 6.54. The number of nitrogens with zero attached hydrogens (tertiary/aromatic N) is 1. The Bertz CT molecular complexity index is 3180. The average Bonchev–Trinajstić information content (AvgIpc) is 3.81. The van der Waals surface area contributed by atoms with E-state index in [1.165, 1.54) is 16.2 Å². The van der Waals surface area contributed by atoms with Crippen LogP contribution in [0.15, 0.2) is 197 Å². The summed E-state index contributed by atoms with van der Waals surface area (Å²) in [6, 6.07) is 66.8. The smallest absolute Gasteiger partial charge is 0.143 e. The molecule has 0 aliphatic rings. The Balaban J connectivity index is 1.12. The van der Waals surface area contributed by atoms with Crippen molar-refractivity contribution in [3.05, 3.63) is 188 Å². The van der Waals surface area contributed by atoms with E-state index >= 15 is 0 Å². The minimum atomic E-state index is 0.883. The number of para-hydroxylation sites is 2. The Morgan fingerprint density at radius 2 is 0.887 bits per heavy atom. The molecule has 3 nitrogen and oxygen atoms in total. The van der Waals surface area contributed by atoms with E-state index in [4.69, 9.17) is 8.83 Å². The van der Waals surface area contributed by atoms with Gasteiger partial charge in [0.05, 0.1) is 11.4 Å². The number of rotatable bonds is 5. The van der Waals surface area contributed by atoms with Crippen LogP contribution in [-0.4, -0.2) is 0 Å². The monoisotopic (exact) mass is 677 g/mol. The highest BCUT2D eigenvalue weighted by molar-refractivity contribution is 6.19. The third-order valence-corrected chi connectivity index (χ3v) is 10.7. The fraction of sp³-hybridized carbons (Fsp3) is 0. The van der Waals surface area contributed by atoms with Crippen LogP contribution in [-0.2, 0) is 0 Å². The topological polar surface area (TPSA) is 29.5 Å². The first kappa shape index (κ1) is 29.6. The molecule has 0 aliphatic carbocycles. The lowest BCUT2D eigenvalue weighted by Crippen LogP contribution is -2.11. The summed E-state index contributed by atoms with van der Waals surface area (Å²) in [7, 11) is 0. The maximum Gasteiger partial charge on any atom is 0.143 e. The summed E-state index contributed by atoms with van der Waals surface area (Å²) in [6.45, 7) is 0. The molecule has 0 fully saturated rings. The number of furan rings is 2. The summed E-state index contributed by atoms with van der Waals surface area (Å²) >= 11 is 0. The molecule has 3 heteroatoms. The highest BCUT2D eigenvalue weighted by atomic mass is 16.3. The van der Waals surface area contributed by atoms with Gasteiger partial charge in [-0.05, 0) is 76.0 Å². The molecule has 248 valence electrons. The van der Waals surface area contributed by atoms with Gasteiger partial charge in [0, 0.05) is 43.6 Å². The minimum Gasteiger partial charge on any atom is -0.456 e. The molecule has 0 saturated carbocycles. The molecule has 2 heterocycles. The molecule has 11 aromatic rings. The van der Waals surface area contributed by atoms with Gasteiger partial charge in [-0.15, -0.1) is 0 Å². The maximum atomic E-state index is 6.54. The van der Waals surface area contributed by atoms with Crippen LogP contribution in [0.1, 0.15) is 0 Å². The van der Waals surface area contributed by atoms with Crippen molar-refractivity contribution in [2.45, 2.75) is 0 Å². The summed E-state index contributed by atoms with van der Waals surface area (Å²) in [5.74, 6) is 0. The molecule has 0 aliphatic heterocycles. The lowest BCUT2D eigenvalue weighted by molar-refractivity contribution is 0.669. The van der Waals surface area contributed by atoms with Gasteiger partial charge in [0.2, 0.25) is 0 Å². The first-order valence-electron chi connectivity index (χ1n) is 18.0. The summed E-state index contributed by atoms with van der Waals surface area (Å²) in [5.41, 5.74) is 11.4. The normalized spacial score (nSPS) is 11.8. The van der Waals surface area contributed by atoms with E-state index in [1.54, 1.807) is 0 Å². The Labute approximate surface area is 305 Å². The van der Waals surface area contributed by atoms with Crippen molar-refractivity contribution in [1.82, 2.24) is 0 Å². The van der Waals surface area contributed by atoms with Crippen LogP contribution in [0.3, 0.4) is 0 Å². The van der Waals surface area contributed by atoms with Crippen molar-refractivity contribution in [2.24, 2.45) is 0 Å². The first-order valence-corrected chi connectivity index (χ1v) is 18.0. The summed E-state index contributed by atoms with van der Waals surface area (Å²) < 4.78 is 12.9. The highest BCUT2D eigenvalue weighted by Gasteiger charge is 2.22. The zero-order chi connectivity index (χ0) is 34.9. The average molecular weight is 678 g/mol. The van der Waals surface area contributed by atoms with Gasteiger partial charge in [-0.3, -0.25) is 0 Å². The molecule has 2 aromatic heterocycles. The van der Waals surface area contributed by atoms with E-state index in [9.17, 15) is 0 Å². The molecular formula is C50H31NO2. The molecule has 0 atom stereocenters. The number of benzene rings is 9. The molecule has 11 rings (SSSR count). The van der Waals surface area contributed by atoms with Crippen molar-refractivity contribution in [3.8, 4) is 22.3 Å². The van der Waals surface area contributed by atoms with Gasteiger partial charge >= 0.3 is 0 Å². The van der Waals surface area contributed by atoms with E-state index in [1.807, 2.05) is 12.1 Å². The van der Waals surface area contributed by atoms with Crippen molar-refractivity contribution in [1.29, 1.82) is 0 Å². The lowest BCUT2D eigenvalue weighted by Gasteiger charge is -2.29. The fourth-order valence-electron chi connectivity index (χ4n) is 8.29. The lowest BCUT2D eigenvalue weighted by atomic mass is 9.96. The predicted octanol–water partition coefficient (Wildman–Crippen LogP) is 14.6. The predicted molar refractivity (Wildman–Crippen MR) is 222 cm³/mol. The molecule has 0 spiro atoms. The molecule has 0 unspecified atom stereocenters. The van der Waals surface area contributed by atoms with Crippen molar-refractivity contribution in [3.63, 3.8) is 0 Å². The van der Waals surface area contributed by atoms with Gasteiger partial charge in [-0.1, -0.05) is 140 Å². The van der Waals surface area contributed by atoms with E-state index in [-0.39, 0.29) is 0 Å². The van der Waals surface area contributed by atoms with Gasteiger partial charge in [0.15, 0.2) is 0 Å². The van der Waals surface area contributed by atoms with E-state index in [0.717, 1.165) is 88.6 Å². The molecule has 0 radical (unpaired) electrons. The van der Waals surface area contributed by atoms with Crippen LogP contribution in [0, 0.1) is 0 Å². The van der Waals surface area contributed by atoms with E-state index in [0.29, 0.717) is 0 Å². The Kier molecular flexibility index (Phi) is 6.55. The SMILES string of the molecule is c1ccc(N(c2ccc(-c3cccc4oc5c6ccccc6ccc5c34)cc2)c2cccc3ccccc23)c(-c2cccc3oc4ccccc4c23)c1. The van der Waals surface area contributed by atoms with Crippen LogP contribution >= 0.6 is 0 Å². The zero-order valence-electron chi connectivity index (χ0n) is 28.7. The van der Waals surface area contributed by atoms with Gasteiger partial charge in [-0.25, -0.2) is 0 Å². The summed E-state index contributed by atoms with van der Waals surface area (Å²) in [5, 5.41) is 9.19. The van der Waals surface area contributed by atoms with Gasteiger partial charge in [0.1, 0.15) is 22.3 Å². The Morgan fingerprint density at radius 3 is 1.74 bits per heavy atom. The standard InChI is InChI=1S/C50H31NO2/c1-3-15-36-32(12-1)14-9-22-43(36)51(44-21-7-5-17-39(44)40-20-11-24-46-49(40)41-18-6-8-23-45(41)52-46)35-29-26-34(27-30-35)37-19-10-25-47-48(37)42-31-28-33-13-2-4-16-38(33)50(42)53-47/h1-31H. The van der Waals surface area contributed by atoms with Crippen LogP contribution in [0.2, 0.25) is 0 Å². The minimum absolute atomic E-state index is 0.883. The second-order valence-electron chi connectivity index (χ2n) is 13.6. The zero-order valence-corrected chi connectivity index (χ0v) is 28.7. The van der Waals surface area contributed by atoms with Crippen LogP contribution in [0.5, 0.6) is 0 Å². The molecule has 9 aromatic carbocycles. The van der Waals surface area contributed by atoms with Crippen molar-refractivity contribution in [2.75, 3.05) is 4.90 Å². The number of hydrogen-bond donors (Lipinski definition) is 0. The van der Waals surface area contributed by atoms with Crippen LogP contribution in [0.25, 0.3) is 87.7 Å².